The Morgan fingerprint density at radius 1 is 0.612 bits per heavy atom. The molecule has 22 heteroatoms. The first-order valence-electron chi connectivity index (χ1n) is 16.0. The molecule has 272 valence electrons. The van der Waals surface area contributed by atoms with Crippen molar-refractivity contribution in [2.75, 3.05) is 133 Å². The van der Waals surface area contributed by atoms with Gasteiger partial charge in [-0.05, 0) is 0 Å². The second kappa shape index (κ2) is 19.2. The molecule has 0 spiro atoms. The van der Waals surface area contributed by atoms with E-state index in [-0.39, 0.29) is 24.7 Å². The third-order valence-electron chi connectivity index (χ3n) is 7.47. The number of halogens is 1. The zero-order valence-corrected chi connectivity index (χ0v) is 30.0. The van der Waals surface area contributed by atoms with Crippen molar-refractivity contribution < 1.29 is 43.0 Å². The summed E-state index contributed by atoms with van der Waals surface area (Å²) in [5.74, 6) is 4.26. The van der Waals surface area contributed by atoms with Gasteiger partial charge < -0.3 is 57.7 Å². The lowest BCUT2D eigenvalue weighted by Crippen LogP contribution is -2.36. The molecule has 0 aromatic carbocycles. The maximum atomic E-state index is 9.32. The van der Waals surface area contributed by atoms with E-state index in [2.05, 4.69) is 40.9 Å². The van der Waals surface area contributed by atoms with Crippen LogP contribution in [0, 0.1) is 0 Å². The zero-order chi connectivity index (χ0) is 33.7. The molecular weight excluding hydrogens is 726 g/mol. The number of morpholine rings is 3. The summed E-state index contributed by atoms with van der Waals surface area (Å²) in [6.45, 7) is 12.1. The van der Waals surface area contributed by atoms with Gasteiger partial charge in [0, 0.05) is 39.3 Å². The molecule has 3 aromatic rings. The Hall–Kier alpha value is -2.47. The molecule has 0 amide bonds. The van der Waals surface area contributed by atoms with E-state index in [9.17, 15) is 5.11 Å². The van der Waals surface area contributed by atoms with E-state index in [0.717, 1.165) is 108 Å². The van der Waals surface area contributed by atoms with Crippen LogP contribution in [-0.4, -0.2) is 167 Å². The fourth-order valence-corrected chi connectivity index (χ4v) is 6.25. The summed E-state index contributed by atoms with van der Waals surface area (Å²) < 4.78 is 67.8. The van der Waals surface area contributed by atoms with Gasteiger partial charge in [-0.2, -0.15) is 13.1 Å². The smallest absolute Gasteiger partial charge is 0.270 e. The molecule has 0 aliphatic carbocycles. The van der Waals surface area contributed by atoms with E-state index >= 15 is 0 Å². The predicted molar refractivity (Wildman–Crippen MR) is 182 cm³/mol. The molecule has 8 heterocycles. The van der Waals surface area contributed by atoms with Crippen LogP contribution < -0.4 is 28.9 Å². The van der Waals surface area contributed by atoms with Crippen molar-refractivity contribution in [3.63, 3.8) is 0 Å². The maximum Gasteiger partial charge on any atom is 0.270 e. The summed E-state index contributed by atoms with van der Waals surface area (Å²) in [5, 5.41) is 9.32. The lowest BCUT2D eigenvalue weighted by Gasteiger charge is -2.26. The molecule has 0 bridgehead atoms. The third kappa shape index (κ3) is 11.5. The van der Waals surface area contributed by atoms with Crippen LogP contribution in [0.2, 0.25) is 0 Å². The Morgan fingerprint density at radius 3 is 1.29 bits per heavy atom. The standard InChI is InChI=1S/C9H14ClN3O3S.2C9H13N3O3S/c10-5-7(14)6-16-9-8(11-17-12-9)13-1-3-15-4-2-13;2*1-3-13-4-2-12(1)8-9(11-16-10-8)15-6-7-5-14-7/h7,14H,1-6H2;2*7H,1-6H2. The minimum atomic E-state index is -0.684. The van der Waals surface area contributed by atoms with Gasteiger partial charge in [0.15, 0.2) is 0 Å². The summed E-state index contributed by atoms with van der Waals surface area (Å²) >= 11 is 8.95. The number of aliphatic hydroxyl groups excluding tert-OH is 1. The van der Waals surface area contributed by atoms with E-state index in [4.69, 9.17) is 49.5 Å². The minimum Gasteiger partial charge on any atom is -0.472 e. The largest absolute Gasteiger partial charge is 0.472 e. The third-order valence-corrected chi connectivity index (χ3v) is 9.33. The predicted octanol–water partition coefficient (Wildman–Crippen LogP) is 0.658. The average Bonchev–Trinajstić information content (AvgIpc) is 4.01. The molecular formula is C27H40ClN9O9S3. The Balaban J connectivity index is 0.000000128. The van der Waals surface area contributed by atoms with Crippen LogP contribution in [0.5, 0.6) is 17.6 Å². The van der Waals surface area contributed by atoms with Gasteiger partial charge >= 0.3 is 0 Å². The first-order valence-corrected chi connectivity index (χ1v) is 18.7. The van der Waals surface area contributed by atoms with E-state index in [1.54, 1.807) is 0 Å². The molecule has 1 N–H and O–H groups in total. The van der Waals surface area contributed by atoms with Crippen molar-refractivity contribution in [3.05, 3.63) is 0 Å². The number of alkyl halides is 1. The molecule has 49 heavy (non-hydrogen) atoms. The number of aromatic nitrogens is 6. The summed E-state index contributed by atoms with van der Waals surface area (Å²) in [4.78, 5) is 6.36. The summed E-state index contributed by atoms with van der Waals surface area (Å²) in [7, 11) is 0. The number of nitrogens with zero attached hydrogens (tertiary/aromatic N) is 9. The van der Waals surface area contributed by atoms with Gasteiger partial charge in [-0.1, -0.05) is 0 Å². The fraction of sp³-hybridized carbons (Fsp3) is 0.778. The van der Waals surface area contributed by atoms with Crippen LogP contribution >= 0.6 is 46.8 Å². The lowest BCUT2D eigenvalue weighted by atomic mass is 10.4. The van der Waals surface area contributed by atoms with Gasteiger partial charge in [-0.25, -0.2) is 0 Å². The number of rotatable bonds is 13. The molecule has 5 fully saturated rings. The topological polar surface area (TPSA) is 188 Å². The number of hydrogen-bond donors (Lipinski definition) is 1. The van der Waals surface area contributed by atoms with Crippen molar-refractivity contribution in [2.24, 2.45) is 0 Å². The number of hydrogen-bond acceptors (Lipinski definition) is 21. The van der Waals surface area contributed by atoms with Gasteiger partial charge in [0.2, 0.25) is 17.5 Å². The fourth-order valence-electron chi connectivity index (χ4n) is 4.60. The number of ether oxygens (including phenoxy) is 8. The van der Waals surface area contributed by atoms with Crippen LogP contribution in [0.15, 0.2) is 0 Å². The molecule has 0 radical (unpaired) electrons. The number of aliphatic hydroxyl groups is 1. The Labute approximate surface area is 301 Å². The Bertz CT molecular complexity index is 1300. The Morgan fingerprint density at radius 2 is 0.959 bits per heavy atom. The van der Waals surface area contributed by atoms with Crippen molar-refractivity contribution in [1.82, 2.24) is 26.2 Å². The highest BCUT2D eigenvalue weighted by molar-refractivity contribution is 7.00. The average molecular weight is 766 g/mol. The molecule has 3 unspecified atom stereocenters. The zero-order valence-electron chi connectivity index (χ0n) is 26.8. The SMILES string of the molecule is C1CN(c2nsnc2OCC2CO2)CCO1.C1CN(c2nsnc2OCC2CO2)CCO1.OC(CCl)COc1nsnc1N1CCOCC1. The van der Waals surface area contributed by atoms with E-state index < -0.39 is 6.10 Å². The first-order chi connectivity index (χ1) is 24.2. The van der Waals surface area contributed by atoms with Crippen LogP contribution in [0.4, 0.5) is 17.5 Å². The molecule has 3 aromatic heterocycles. The highest BCUT2D eigenvalue weighted by Gasteiger charge is 2.27. The van der Waals surface area contributed by atoms with Gasteiger partial charge in [-0.15, -0.1) is 24.7 Å². The Kier molecular flexibility index (Phi) is 14.3. The molecule has 0 saturated carbocycles. The minimum absolute atomic E-state index is 0.131. The highest BCUT2D eigenvalue weighted by Crippen LogP contribution is 2.29. The molecule has 5 aliphatic heterocycles. The van der Waals surface area contributed by atoms with Crippen molar-refractivity contribution in [2.45, 2.75) is 18.3 Å². The van der Waals surface area contributed by atoms with Gasteiger partial charge in [0.25, 0.3) is 17.6 Å². The highest BCUT2D eigenvalue weighted by atomic mass is 35.5. The second-order valence-corrected chi connectivity index (χ2v) is 13.0. The van der Waals surface area contributed by atoms with Crippen molar-refractivity contribution in [3.8, 4) is 17.6 Å². The number of anilines is 3. The summed E-state index contributed by atoms with van der Waals surface area (Å²) in [6, 6.07) is 0. The van der Waals surface area contributed by atoms with Gasteiger partial charge in [0.1, 0.15) is 38.1 Å². The summed E-state index contributed by atoms with van der Waals surface area (Å²) in [5.41, 5.74) is 0. The van der Waals surface area contributed by atoms with Crippen LogP contribution in [0.1, 0.15) is 0 Å². The molecule has 8 rings (SSSR count). The molecule has 5 saturated heterocycles. The van der Waals surface area contributed by atoms with Gasteiger partial charge in [-0.3, -0.25) is 0 Å². The quantitative estimate of drug-likeness (QED) is 0.189. The molecule has 3 atom stereocenters. The first kappa shape index (κ1) is 36.3. The lowest BCUT2D eigenvalue weighted by molar-refractivity contribution is 0.117. The van der Waals surface area contributed by atoms with E-state index in [1.807, 2.05) is 0 Å². The van der Waals surface area contributed by atoms with Crippen molar-refractivity contribution in [1.29, 1.82) is 0 Å². The summed E-state index contributed by atoms with van der Waals surface area (Å²) in [6.07, 6.45) is -0.186. The van der Waals surface area contributed by atoms with Crippen LogP contribution in [0.25, 0.3) is 0 Å². The molecule has 18 nitrogen and oxygen atoms in total. The molecule has 5 aliphatic rings. The van der Waals surface area contributed by atoms with Crippen LogP contribution in [-0.2, 0) is 23.7 Å². The normalized spacial score (nSPS) is 22.3. The second-order valence-electron chi connectivity index (χ2n) is 11.1. The van der Waals surface area contributed by atoms with Crippen molar-refractivity contribution >= 4 is 64.2 Å². The van der Waals surface area contributed by atoms with E-state index in [1.165, 1.54) is 23.5 Å². The van der Waals surface area contributed by atoms with Crippen LogP contribution in [0.3, 0.4) is 0 Å². The van der Waals surface area contributed by atoms with Gasteiger partial charge in [0.05, 0.1) is 93.9 Å². The maximum absolute atomic E-state index is 9.32. The van der Waals surface area contributed by atoms with E-state index in [0.29, 0.717) is 44.1 Å². The number of epoxide rings is 2. The monoisotopic (exact) mass is 765 g/mol.